The van der Waals surface area contributed by atoms with Crippen molar-refractivity contribution >= 4 is 12.3 Å². The highest BCUT2D eigenvalue weighted by Gasteiger charge is 2.09. The number of nitrogens with one attached hydrogen (secondary N) is 2. The van der Waals surface area contributed by atoms with Crippen molar-refractivity contribution in [3.8, 4) is 0 Å². The fourth-order valence-corrected chi connectivity index (χ4v) is 1.24. The van der Waals surface area contributed by atoms with Crippen LogP contribution in [0.1, 0.15) is 46.5 Å². The van der Waals surface area contributed by atoms with Crippen LogP contribution < -0.4 is 10.6 Å². The van der Waals surface area contributed by atoms with Crippen LogP contribution in [0.25, 0.3) is 0 Å². The molecule has 4 heteroatoms. The molecule has 0 aliphatic rings. The van der Waals surface area contributed by atoms with Crippen LogP contribution in [0.2, 0.25) is 0 Å². The number of hydrogen-bond donors (Lipinski definition) is 2. The van der Waals surface area contributed by atoms with Crippen molar-refractivity contribution in [1.82, 2.24) is 10.6 Å². The summed E-state index contributed by atoms with van der Waals surface area (Å²) < 4.78 is 0. The van der Waals surface area contributed by atoms with E-state index in [1.807, 2.05) is 6.92 Å². The molecule has 2 amide bonds. The van der Waals surface area contributed by atoms with Crippen molar-refractivity contribution in [3.63, 3.8) is 0 Å². The highest BCUT2D eigenvalue weighted by atomic mass is 16.1. The molecule has 0 bridgehead atoms. The van der Waals surface area contributed by atoms with Crippen LogP contribution in [0.4, 0.5) is 0 Å². The van der Waals surface area contributed by atoms with Gasteiger partial charge >= 0.3 is 0 Å². The first kappa shape index (κ1) is 14.9. The molecule has 0 aromatic carbocycles. The third-order valence-corrected chi connectivity index (χ3v) is 2.70. The number of rotatable bonds is 9. The Morgan fingerprint density at radius 1 is 1.19 bits per heavy atom. The van der Waals surface area contributed by atoms with Crippen molar-refractivity contribution < 1.29 is 9.59 Å². The van der Waals surface area contributed by atoms with Crippen LogP contribution in [0.3, 0.4) is 0 Å². The quantitative estimate of drug-likeness (QED) is 0.463. The molecule has 0 spiro atoms. The Hall–Kier alpha value is -1.06. The van der Waals surface area contributed by atoms with E-state index in [9.17, 15) is 9.59 Å². The smallest absolute Gasteiger partial charge is 0.220 e. The molecular formula is C12H24N2O2. The molecule has 0 rings (SSSR count). The van der Waals surface area contributed by atoms with E-state index in [0.29, 0.717) is 25.3 Å². The molecule has 0 aromatic heterocycles. The molecule has 16 heavy (non-hydrogen) atoms. The minimum absolute atomic E-state index is 0.129. The first-order valence-electron chi connectivity index (χ1n) is 6.04. The second kappa shape index (κ2) is 9.19. The summed E-state index contributed by atoms with van der Waals surface area (Å²) in [4.78, 5) is 21.4. The van der Waals surface area contributed by atoms with Crippen LogP contribution in [-0.4, -0.2) is 24.9 Å². The summed E-state index contributed by atoms with van der Waals surface area (Å²) in [5.74, 6) is 0.602. The zero-order valence-electron chi connectivity index (χ0n) is 10.6. The van der Waals surface area contributed by atoms with Crippen LogP contribution in [-0.2, 0) is 9.59 Å². The third-order valence-electron chi connectivity index (χ3n) is 2.70. The van der Waals surface area contributed by atoms with Crippen molar-refractivity contribution in [2.24, 2.45) is 5.92 Å². The maximum Gasteiger partial charge on any atom is 0.220 e. The largest absolute Gasteiger partial charge is 0.359 e. The molecule has 94 valence electrons. The van der Waals surface area contributed by atoms with Gasteiger partial charge in [-0.25, -0.2) is 0 Å². The van der Waals surface area contributed by atoms with E-state index >= 15 is 0 Å². The molecule has 0 heterocycles. The minimum atomic E-state index is 0.129. The lowest BCUT2D eigenvalue weighted by Crippen LogP contribution is -2.35. The van der Waals surface area contributed by atoms with Gasteiger partial charge in [0.25, 0.3) is 0 Å². The third kappa shape index (κ3) is 8.26. The highest BCUT2D eigenvalue weighted by molar-refractivity contribution is 5.76. The molecule has 4 nitrogen and oxygen atoms in total. The van der Waals surface area contributed by atoms with Gasteiger partial charge in [-0.05, 0) is 25.7 Å². The number of unbranched alkanes of at least 4 members (excludes halogenated alkanes) is 2. The van der Waals surface area contributed by atoms with Crippen LogP contribution in [0.15, 0.2) is 0 Å². The molecule has 0 fully saturated rings. The van der Waals surface area contributed by atoms with Crippen molar-refractivity contribution in [3.05, 3.63) is 0 Å². The average molecular weight is 228 g/mol. The number of amides is 2. The molecule has 0 radical (unpaired) electrons. The summed E-state index contributed by atoms with van der Waals surface area (Å²) in [5, 5.41) is 5.57. The van der Waals surface area contributed by atoms with Crippen molar-refractivity contribution in [2.45, 2.75) is 52.5 Å². The Balaban J connectivity index is 3.40. The van der Waals surface area contributed by atoms with E-state index in [0.717, 1.165) is 19.3 Å². The molecule has 0 aliphatic heterocycles. The summed E-state index contributed by atoms with van der Waals surface area (Å²) in [6, 6.07) is 0.240. The van der Waals surface area contributed by atoms with Gasteiger partial charge in [0.05, 0.1) is 0 Å². The first-order valence-corrected chi connectivity index (χ1v) is 6.04. The Bertz CT molecular complexity index is 205. The Labute approximate surface area is 98.2 Å². The summed E-state index contributed by atoms with van der Waals surface area (Å²) in [6.45, 7) is 6.91. The summed E-state index contributed by atoms with van der Waals surface area (Å²) in [5.41, 5.74) is 0. The summed E-state index contributed by atoms with van der Waals surface area (Å²) in [7, 11) is 0. The van der Waals surface area contributed by atoms with E-state index in [1.54, 1.807) is 0 Å². The molecule has 0 aliphatic carbocycles. The number of carbonyl (C=O) groups is 2. The normalized spacial score (nSPS) is 12.2. The average Bonchev–Trinajstić information content (AvgIpc) is 2.23. The molecule has 1 unspecified atom stereocenters. The van der Waals surface area contributed by atoms with Gasteiger partial charge in [-0.2, -0.15) is 0 Å². The summed E-state index contributed by atoms with van der Waals surface area (Å²) >= 11 is 0. The monoisotopic (exact) mass is 228 g/mol. The topological polar surface area (TPSA) is 58.2 Å². The van der Waals surface area contributed by atoms with E-state index in [1.165, 1.54) is 0 Å². The standard InChI is InChI=1S/C12H24N2O2/c1-10(2)11(3)14-12(16)7-5-4-6-8-13-9-15/h9-11H,4-8H2,1-3H3,(H,13,15)(H,14,16). The van der Waals surface area contributed by atoms with E-state index in [4.69, 9.17) is 0 Å². The Kier molecular flexibility index (Phi) is 8.58. The first-order chi connectivity index (χ1) is 7.57. The van der Waals surface area contributed by atoms with E-state index < -0.39 is 0 Å². The number of carbonyl (C=O) groups excluding carboxylic acids is 2. The van der Waals surface area contributed by atoms with Gasteiger partial charge in [-0.1, -0.05) is 20.3 Å². The Morgan fingerprint density at radius 3 is 2.44 bits per heavy atom. The van der Waals surface area contributed by atoms with Crippen molar-refractivity contribution in [1.29, 1.82) is 0 Å². The maximum atomic E-state index is 11.5. The lowest BCUT2D eigenvalue weighted by Gasteiger charge is -2.17. The fraction of sp³-hybridized carbons (Fsp3) is 0.833. The Morgan fingerprint density at radius 2 is 1.88 bits per heavy atom. The van der Waals surface area contributed by atoms with Gasteiger partial charge in [0.15, 0.2) is 0 Å². The fourth-order valence-electron chi connectivity index (χ4n) is 1.24. The molecule has 0 saturated heterocycles. The second-order valence-corrected chi connectivity index (χ2v) is 4.48. The second-order valence-electron chi connectivity index (χ2n) is 4.48. The highest BCUT2D eigenvalue weighted by Crippen LogP contribution is 2.03. The van der Waals surface area contributed by atoms with Gasteiger partial charge in [0.1, 0.15) is 0 Å². The van der Waals surface area contributed by atoms with Gasteiger partial charge in [-0.15, -0.1) is 0 Å². The SMILES string of the molecule is CC(C)C(C)NC(=O)CCCCCNC=O. The van der Waals surface area contributed by atoms with E-state index in [2.05, 4.69) is 24.5 Å². The zero-order valence-corrected chi connectivity index (χ0v) is 10.6. The van der Waals surface area contributed by atoms with Gasteiger partial charge < -0.3 is 10.6 Å². The minimum Gasteiger partial charge on any atom is -0.359 e. The van der Waals surface area contributed by atoms with E-state index in [-0.39, 0.29) is 11.9 Å². The predicted molar refractivity (Wildman–Crippen MR) is 65.0 cm³/mol. The predicted octanol–water partition coefficient (Wildman–Crippen LogP) is 1.45. The molecular weight excluding hydrogens is 204 g/mol. The van der Waals surface area contributed by atoms with Crippen LogP contribution in [0.5, 0.6) is 0 Å². The molecule has 0 saturated carbocycles. The molecule has 0 aromatic rings. The summed E-state index contributed by atoms with van der Waals surface area (Å²) in [6.07, 6.45) is 4.09. The molecule has 2 N–H and O–H groups in total. The van der Waals surface area contributed by atoms with Gasteiger partial charge in [0, 0.05) is 19.0 Å². The van der Waals surface area contributed by atoms with Gasteiger partial charge in [0.2, 0.25) is 12.3 Å². The van der Waals surface area contributed by atoms with Crippen LogP contribution >= 0.6 is 0 Å². The van der Waals surface area contributed by atoms with Gasteiger partial charge in [-0.3, -0.25) is 9.59 Å². The van der Waals surface area contributed by atoms with Crippen molar-refractivity contribution in [2.75, 3.05) is 6.54 Å². The lowest BCUT2D eigenvalue weighted by molar-refractivity contribution is -0.122. The zero-order chi connectivity index (χ0) is 12.4. The maximum absolute atomic E-state index is 11.5. The number of hydrogen-bond acceptors (Lipinski definition) is 2. The van der Waals surface area contributed by atoms with Crippen LogP contribution in [0, 0.1) is 5.92 Å². The molecule has 1 atom stereocenters. The lowest BCUT2D eigenvalue weighted by atomic mass is 10.1.